The first-order valence-corrected chi connectivity index (χ1v) is 17.2. The second-order valence-corrected chi connectivity index (χ2v) is 13.1. The summed E-state index contributed by atoms with van der Waals surface area (Å²) >= 11 is 0. The molecule has 6 unspecified atom stereocenters. The van der Waals surface area contributed by atoms with Crippen molar-refractivity contribution >= 4 is 23.3 Å². The van der Waals surface area contributed by atoms with Crippen LogP contribution in [0.3, 0.4) is 0 Å². The Kier molecular flexibility index (Phi) is 10.5. The highest BCUT2D eigenvalue weighted by Crippen LogP contribution is 2.32. The van der Waals surface area contributed by atoms with E-state index in [0.717, 1.165) is 76.6 Å². The van der Waals surface area contributed by atoms with E-state index in [2.05, 4.69) is 47.3 Å². The van der Waals surface area contributed by atoms with Crippen molar-refractivity contribution in [3.63, 3.8) is 0 Å². The summed E-state index contributed by atoms with van der Waals surface area (Å²) in [5.41, 5.74) is 3.21. The smallest absolute Gasteiger partial charge is 0.338 e. The lowest BCUT2D eigenvalue weighted by Crippen LogP contribution is -2.49. The van der Waals surface area contributed by atoms with Gasteiger partial charge in [-0.3, -0.25) is 9.80 Å². The maximum absolute atomic E-state index is 13.0. The lowest BCUT2D eigenvalue weighted by molar-refractivity contribution is -0.0287. The van der Waals surface area contributed by atoms with Gasteiger partial charge < -0.3 is 28.7 Å². The van der Waals surface area contributed by atoms with Crippen LogP contribution >= 0.6 is 0 Å². The van der Waals surface area contributed by atoms with Crippen LogP contribution in [-0.2, 0) is 18.9 Å². The van der Waals surface area contributed by atoms with Gasteiger partial charge in [0.1, 0.15) is 12.2 Å². The maximum atomic E-state index is 13.0. The molecular formula is C36H50N4O6. The minimum Gasteiger partial charge on any atom is -0.453 e. The van der Waals surface area contributed by atoms with E-state index < -0.39 is 36.4 Å². The van der Waals surface area contributed by atoms with Crippen LogP contribution in [-0.4, -0.2) is 124 Å². The molecule has 0 saturated carbocycles. The Balaban J connectivity index is 0.965. The number of esters is 2. The maximum Gasteiger partial charge on any atom is 0.338 e. The predicted octanol–water partition coefficient (Wildman–Crippen LogP) is 4.08. The van der Waals surface area contributed by atoms with Crippen LogP contribution in [0.1, 0.15) is 61.3 Å². The number of carbonyl (C=O) groups is 2. The monoisotopic (exact) mass is 634 g/mol. The van der Waals surface area contributed by atoms with E-state index in [1.807, 2.05) is 48.5 Å². The molecule has 4 heterocycles. The van der Waals surface area contributed by atoms with E-state index in [-0.39, 0.29) is 13.2 Å². The second-order valence-electron chi connectivity index (χ2n) is 13.1. The summed E-state index contributed by atoms with van der Waals surface area (Å²) in [5.74, 6) is -0.819. The quantitative estimate of drug-likeness (QED) is 0.357. The molecule has 0 N–H and O–H groups in total. The lowest BCUT2D eigenvalue weighted by atomic mass is 10.1. The largest absolute Gasteiger partial charge is 0.453 e. The Labute approximate surface area is 273 Å². The number of ether oxygens (including phenoxy) is 4. The van der Waals surface area contributed by atoms with Crippen molar-refractivity contribution in [1.29, 1.82) is 0 Å². The molecule has 4 fully saturated rings. The summed E-state index contributed by atoms with van der Waals surface area (Å²) in [4.78, 5) is 35.8. The van der Waals surface area contributed by atoms with Crippen LogP contribution in [0.2, 0.25) is 0 Å². The van der Waals surface area contributed by atoms with Gasteiger partial charge in [0.15, 0.2) is 12.2 Å². The van der Waals surface area contributed by atoms with Crippen LogP contribution in [0.25, 0.3) is 0 Å². The molecule has 6 rings (SSSR count). The van der Waals surface area contributed by atoms with Crippen LogP contribution < -0.4 is 9.80 Å². The second kappa shape index (κ2) is 14.7. The Bertz CT molecular complexity index is 1210. The normalized spacial score (nSPS) is 26.9. The molecule has 4 aliphatic heterocycles. The van der Waals surface area contributed by atoms with Crippen LogP contribution in [0.5, 0.6) is 0 Å². The average molecular weight is 635 g/mol. The van der Waals surface area contributed by atoms with Crippen molar-refractivity contribution in [3.8, 4) is 0 Å². The number of piperazine rings is 2. The Morgan fingerprint density at radius 2 is 0.978 bits per heavy atom. The highest BCUT2D eigenvalue weighted by molar-refractivity contribution is 5.90. The van der Waals surface area contributed by atoms with Gasteiger partial charge in [0.2, 0.25) is 0 Å². The number of fused-ring (bicyclic) bond motifs is 1. The summed E-state index contributed by atoms with van der Waals surface area (Å²) in [7, 11) is 0. The van der Waals surface area contributed by atoms with E-state index in [1.54, 1.807) is 0 Å². The van der Waals surface area contributed by atoms with Crippen molar-refractivity contribution in [2.24, 2.45) is 0 Å². The molecule has 10 heteroatoms. The van der Waals surface area contributed by atoms with Crippen molar-refractivity contribution in [2.75, 3.05) is 75.4 Å². The predicted molar refractivity (Wildman–Crippen MR) is 178 cm³/mol. The molecule has 0 amide bonds. The number of benzene rings is 2. The molecule has 0 bridgehead atoms. The minimum absolute atomic E-state index is 0.201. The molecule has 46 heavy (non-hydrogen) atoms. The first-order chi connectivity index (χ1) is 22.3. The van der Waals surface area contributed by atoms with Crippen molar-refractivity contribution < 1.29 is 28.5 Å². The molecule has 10 nitrogen and oxygen atoms in total. The molecular weight excluding hydrogens is 584 g/mol. The number of carbonyl (C=O) groups excluding carboxylic acids is 2. The zero-order valence-corrected chi connectivity index (χ0v) is 27.8. The number of nitrogens with zero attached hydrogens (tertiary/aromatic N) is 4. The third-order valence-corrected chi connectivity index (χ3v) is 10.5. The summed E-state index contributed by atoms with van der Waals surface area (Å²) < 4.78 is 23.5. The first-order valence-electron chi connectivity index (χ1n) is 17.2. The fourth-order valence-electron chi connectivity index (χ4n) is 7.02. The molecule has 4 saturated heterocycles. The van der Waals surface area contributed by atoms with Crippen molar-refractivity contribution in [3.05, 3.63) is 59.7 Å². The molecule has 0 aromatic heterocycles. The van der Waals surface area contributed by atoms with Crippen LogP contribution in [0, 0.1) is 0 Å². The molecule has 2 aromatic carbocycles. The minimum atomic E-state index is -0.561. The van der Waals surface area contributed by atoms with Crippen LogP contribution in [0.15, 0.2) is 48.5 Å². The Hall–Kier alpha value is -3.18. The summed E-state index contributed by atoms with van der Waals surface area (Å²) in [6.07, 6.45) is 0.252. The standard InChI is InChI=1S/C36H50N4O6/c1-5-25(3)37-15-19-39(20-16-37)29-11-7-27(8-12-29)35(41)45-31-23-43-34-32(24-44-33(31)34)46-36(42)28-9-13-30(14-10-28)40-21-17-38(18-22-40)26(4)6-2/h7-14,25-26,31-34H,5-6,15-24H2,1-4H3. The van der Waals surface area contributed by atoms with E-state index in [4.69, 9.17) is 18.9 Å². The topological polar surface area (TPSA) is 84.0 Å². The van der Waals surface area contributed by atoms with Gasteiger partial charge in [-0.2, -0.15) is 0 Å². The van der Waals surface area contributed by atoms with Gasteiger partial charge in [-0.05, 0) is 75.2 Å². The van der Waals surface area contributed by atoms with Gasteiger partial charge in [0.25, 0.3) is 0 Å². The summed E-state index contributed by atoms with van der Waals surface area (Å²) in [5, 5.41) is 0. The van der Waals surface area contributed by atoms with E-state index >= 15 is 0 Å². The molecule has 0 radical (unpaired) electrons. The summed E-state index contributed by atoms with van der Waals surface area (Å²) in [6.45, 7) is 17.5. The van der Waals surface area contributed by atoms with Crippen molar-refractivity contribution in [2.45, 2.75) is 77.0 Å². The number of hydrogen-bond acceptors (Lipinski definition) is 10. The third-order valence-electron chi connectivity index (χ3n) is 10.5. The number of rotatable bonds is 10. The van der Waals surface area contributed by atoms with Crippen LogP contribution in [0.4, 0.5) is 11.4 Å². The lowest BCUT2D eigenvalue weighted by Gasteiger charge is -2.39. The number of hydrogen-bond donors (Lipinski definition) is 0. The third kappa shape index (κ3) is 7.20. The fraction of sp³-hybridized carbons (Fsp3) is 0.611. The highest BCUT2D eigenvalue weighted by atomic mass is 16.7. The van der Waals surface area contributed by atoms with Gasteiger partial charge in [-0.15, -0.1) is 0 Å². The van der Waals surface area contributed by atoms with E-state index in [9.17, 15) is 9.59 Å². The SMILES string of the molecule is CCC(C)N1CCN(c2ccc(C(=O)OC3COC4C(OC(=O)c5ccc(N6CCN(C(C)CC)CC6)cc5)COC34)cc2)CC1. The van der Waals surface area contributed by atoms with E-state index in [1.165, 1.54) is 0 Å². The Morgan fingerprint density at radius 3 is 1.30 bits per heavy atom. The van der Waals surface area contributed by atoms with Gasteiger partial charge in [-0.25, -0.2) is 9.59 Å². The molecule has 0 aliphatic carbocycles. The number of anilines is 2. The molecule has 0 spiro atoms. The first kappa shape index (κ1) is 32.7. The average Bonchev–Trinajstić information content (AvgIpc) is 3.70. The zero-order valence-electron chi connectivity index (χ0n) is 27.8. The van der Waals surface area contributed by atoms with Gasteiger partial charge in [0, 0.05) is 75.8 Å². The van der Waals surface area contributed by atoms with Gasteiger partial charge in [-0.1, -0.05) is 13.8 Å². The van der Waals surface area contributed by atoms with Gasteiger partial charge >= 0.3 is 11.9 Å². The highest BCUT2D eigenvalue weighted by Gasteiger charge is 2.51. The molecule has 2 aromatic rings. The molecule has 250 valence electrons. The zero-order chi connectivity index (χ0) is 32.2. The molecule has 4 aliphatic rings. The fourth-order valence-corrected chi connectivity index (χ4v) is 7.02. The van der Waals surface area contributed by atoms with Gasteiger partial charge in [0.05, 0.1) is 24.3 Å². The summed E-state index contributed by atoms with van der Waals surface area (Å²) in [6, 6.07) is 16.5. The molecule has 6 atom stereocenters. The van der Waals surface area contributed by atoms with Crippen molar-refractivity contribution in [1.82, 2.24) is 9.80 Å². The Morgan fingerprint density at radius 1 is 0.630 bits per heavy atom. The van der Waals surface area contributed by atoms with E-state index in [0.29, 0.717) is 23.2 Å².